The molecule has 196 valence electrons. The molecule has 0 saturated carbocycles. The van der Waals surface area contributed by atoms with Gasteiger partial charge in [0.05, 0.1) is 5.02 Å². The molecular weight excluding hydrogens is 524 g/mol. The van der Waals surface area contributed by atoms with Crippen LogP contribution in [0.15, 0.2) is 120 Å². The Hall–Kier alpha value is -5.14. The highest BCUT2D eigenvalue weighted by Crippen LogP contribution is 2.26. The number of amides is 2. The Morgan fingerprint density at radius 2 is 1.60 bits per heavy atom. The van der Waals surface area contributed by atoms with Crippen molar-refractivity contribution in [2.75, 3.05) is 5.32 Å². The molecule has 6 rings (SSSR count). The summed E-state index contributed by atoms with van der Waals surface area (Å²) in [7, 11) is 0. The number of carbonyl (C=O) groups is 2. The standard InChI is InChI=1S/C32H23ClN4O3/c33-27-19-34-28-18-23(10-15-26(27)28)31(39)36-30(22-9-8-20-5-1-2-6-21(20)17-22)32(40)35-24-11-13-25(14-12-24)37-16-4-3-7-29(37)38/h1-19,30,34H,(H,35,40)(H,36,39). The monoisotopic (exact) mass is 546 g/mol. The number of H-pyrrole nitrogens is 1. The lowest BCUT2D eigenvalue weighted by molar-refractivity contribution is -0.118. The van der Waals surface area contributed by atoms with E-state index in [1.807, 2.05) is 42.5 Å². The summed E-state index contributed by atoms with van der Waals surface area (Å²) in [6.07, 6.45) is 3.35. The normalized spacial score (nSPS) is 11.8. The summed E-state index contributed by atoms with van der Waals surface area (Å²) < 4.78 is 1.51. The van der Waals surface area contributed by atoms with Crippen molar-refractivity contribution < 1.29 is 9.59 Å². The lowest BCUT2D eigenvalue weighted by Crippen LogP contribution is -2.37. The molecule has 0 fully saturated rings. The van der Waals surface area contributed by atoms with Crippen LogP contribution in [0.4, 0.5) is 5.69 Å². The van der Waals surface area contributed by atoms with E-state index in [1.54, 1.807) is 67.0 Å². The van der Waals surface area contributed by atoms with Crippen molar-refractivity contribution in [3.05, 3.63) is 142 Å². The van der Waals surface area contributed by atoms with Gasteiger partial charge < -0.3 is 15.6 Å². The molecule has 0 aliphatic heterocycles. The summed E-state index contributed by atoms with van der Waals surface area (Å²) in [6, 6.07) is 29.5. The van der Waals surface area contributed by atoms with E-state index in [0.29, 0.717) is 27.5 Å². The third kappa shape index (κ3) is 4.98. The second-order valence-corrected chi connectivity index (χ2v) is 9.76. The second kappa shape index (κ2) is 10.6. The Morgan fingerprint density at radius 3 is 2.40 bits per heavy atom. The minimum atomic E-state index is -0.976. The molecule has 0 saturated heterocycles. The maximum absolute atomic E-state index is 13.6. The summed E-state index contributed by atoms with van der Waals surface area (Å²) in [5, 5.41) is 9.17. The Morgan fingerprint density at radius 1 is 0.825 bits per heavy atom. The number of halogens is 1. The van der Waals surface area contributed by atoms with E-state index in [4.69, 9.17) is 11.6 Å². The van der Waals surface area contributed by atoms with Crippen LogP contribution >= 0.6 is 11.6 Å². The van der Waals surface area contributed by atoms with Crippen LogP contribution in [0.3, 0.4) is 0 Å². The van der Waals surface area contributed by atoms with E-state index in [-0.39, 0.29) is 5.56 Å². The van der Waals surface area contributed by atoms with Crippen LogP contribution in [0, 0.1) is 0 Å². The van der Waals surface area contributed by atoms with Gasteiger partial charge in [0, 0.05) is 46.3 Å². The van der Waals surface area contributed by atoms with Crippen LogP contribution < -0.4 is 16.2 Å². The zero-order valence-electron chi connectivity index (χ0n) is 21.1. The fourth-order valence-electron chi connectivity index (χ4n) is 4.69. The molecule has 2 amide bonds. The molecule has 1 unspecified atom stereocenters. The number of carbonyl (C=O) groups excluding carboxylic acids is 2. The molecule has 0 aliphatic rings. The van der Waals surface area contributed by atoms with Gasteiger partial charge in [-0.05, 0) is 64.9 Å². The fraction of sp³-hybridized carbons (Fsp3) is 0.0312. The summed E-state index contributed by atoms with van der Waals surface area (Å²) in [5.74, 6) is -0.808. The van der Waals surface area contributed by atoms with Crippen molar-refractivity contribution in [3.63, 3.8) is 0 Å². The van der Waals surface area contributed by atoms with Gasteiger partial charge in [0.15, 0.2) is 0 Å². The van der Waals surface area contributed by atoms with Crippen LogP contribution in [-0.2, 0) is 4.79 Å². The number of fused-ring (bicyclic) bond motifs is 2. The lowest BCUT2D eigenvalue weighted by atomic mass is 10.0. The highest BCUT2D eigenvalue weighted by molar-refractivity contribution is 6.35. The maximum Gasteiger partial charge on any atom is 0.255 e. The van der Waals surface area contributed by atoms with E-state index in [0.717, 1.165) is 21.7 Å². The highest BCUT2D eigenvalue weighted by atomic mass is 35.5. The number of aromatic nitrogens is 2. The molecule has 4 aromatic carbocycles. The molecular formula is C32H23ClN4O3. The third-order valence-corrected chi connectivity index (χ3v) is 7.09. The lowest BCUT2D eigenvalue weighted by Gasteiger charge is -2.20. The van der Waals surface area contributed by atoms with Gasteiger partial charge in [0.2, 0.25) is 0 Å². The predicted octanol–water partition coefficient (Wildman–Crippen LogP) is 6.24. The summed E-state index contributed by atoms with van der Waals surface area (Å²) in [6.45, 7) is 0. The SMILES string of the molecule is O=C(NC(C(=O)Nc1ccc(-n2ccccc2=O)cc1)c1ccc2ccccc2c1)c1ccc2c(Cl)c[nH]c2c1. The number of nitrogens with one attached hydrogen (secondary N) is 3. The Bertz CT molecular complexity index is 1940. The molecule has 2 heterocycles. The van der Waals surface area contributed by atoms with Crippen LogP contribution in [0.2, 0.25) is 5.02 Å². The average Bonchev–Trinajstić information content (AvgIpc) is 3.36. The van der Waals surface area contributed by atoms with E-state index < -0.39 is 17.9 Å². The molecule has 40 heavy (non-hydrogen) atoms. The molecule has 8 heteroatoms. The number of rotatable bonds is 6. The third-order valence-electron chi connectivity index (χ3n) is 6.77. The molecule has 1 atom stereocenters. The largest absolute Gasteiger partial charge is 0.360 e. The smallest absolute Gasteiger partial charge is 0.255 e. The minimum Gasteiger partial charge on any atom is -0.360 e. The predicted molar refractivity (Wildman–Crippen MR) is 158 cm³/mol. The van der Waals surface area contributed by atoms with Crippen LogP contribution in [0.25, 0.3) is 27.4 Å². The number of anilines is 1. The van der Waals surface area contributed by atoms with E-state index in [1.165, 1.54) is 10.6 Å². The number of benzene rings is 4. The number of pyridine rings is 1. The zero-order chi connectivity index (χ0) is 27.6. The molecule has 0 aliphatic carbocycles. The number of hydrogen-bond donors (Lipinski definition) is 3. The van der Waals surface area contributed by atoms with Crippen molar-refractivity contribution in [1.82, 2.24) is 14.9 Å². The van der Waals surface area contributed by atoms with E-state index >= 15 is 0 Å². The fourth-order valence-corrected chi connectivity index (χ4v) is 4.91. The number of nitrogens with zero attached hydrogens (tertiary/aromatic N) is 1. The molecule has 3 N–H and O–H groups in total. The van der Waals surface area contributed by atoms with Gasteiger partial charge in [0.1, 0.15) is 6.04 Å². The first kappa shape index (κ1) is 25.2. The topological polar surface area (TPSA) is 96.0 Å². The zero-order valence-corrected chi connectivity index (χ0v) is 21.9. The van der Waals surface area contributed by atoms with Crippen molar-refractivity contribution in [2.45, 2.75) is 6.04 Å². The summed E-state index contributed by atoms with van der Waals surface area (Å²) >= 11 is 6.19. The Kier molecular flexibility index (Phi) is 6.64. The van der Waals surface area contributed by atoms with Gasteiger partial charge in [-0.25, -0.2) is 0 Å². The van der Waals surface area contributed by atoms with Crippen LogP contribution in [0.5, 0.6) is 0 Å². The number of aromatic amines is 1. The number of hydrogen-bond acceptors (Lipinski definition) is 3. The van der Waals surface area contributed by atoms with Crippen molar-refractivity contribution >= 4 is 50.8 Å². The average molecular weight is 547 g/mol. The van der Waals surface area contributed by atoms with E-state index in [2.05, 4.69) is 15.6 Å². The minimum absolute atomic E-state index is 0.154. The molecule has 6 aromatic rings. The molecule has 0 bridgehead atoms. The van der Waals surface area contributed by atoms with Gasteiger partial charge in [-0.15, -0.1) is 0 Å². The first-order valence-electron chi connectivity index (χ1n) is 12.6. The Labute approximate surface area is 234 Å². The summed E-state index contributed by atoms with van der Waals surface area (Å²) in [4.78, 5) is 42.2. The second-order valence-electron chi connectivity index (χ2n) is 9.36. The first-order chi connectivity index (χ1) is 19.5. The summed E-state index contributed by atoms with van der Waals surface area (Å²) in [5.41, 5.74) is 2.80. The van der Waals surface area contributed by atoms with E-state index in [9.17, 15) is 14.4 Å². The van der Waals surface area contributed by atoms with Gasteiger partial charge in [-0.3, -0.25) is 19.0 Å². The molecule has 0 radical (unpaired) electrons. The van der Waals surface area contributed by atoms with Gasteiger partial charge in [-0.1, -0.05) is 60.1 Å². The highest BCUT2D eigenvalue weighted by Gasteiger charge is 2.24. The molecule has 2 aromatic heterocycles. The van der Waals surface area contributed by atoms with Crippen molar-refractivity contribution in [2.24, 2.45) is 0 Å². The van der Waals surface area contributed by atoms with Crippen LogP contribution in [-0.4, -0.2) is 21.4 Å². The molecule has 7 nitrogen and oxygen atoms in total. The Balaban J connectivity index is 1.30. The maximum atomic E-state index is 13.6. The van der Waals surface area contributed by atoms with Crippen molar-refractivity contribution in [3.8, 4) is 5.69 Å². The van der Waals surface area contributed by atoms with Gasteiger partial charge in [-0.2, -0.15) is 0 Å². The molecule has 0 spiro atoms. The van der Waals surface area contributed by atoms with Gasteiger partial charge in [0.25, 0.3) is 17.4 Å². The first-order valence-corrected chi connectivity index (χ1v) is 13.0. The van der Waals surface area contributed by atoms with Crippen molar-refractivity contribution in [1.29, 1.82) is 0 Å². The quantitative estimate of drug-likeness (QED) is 0.231. The van der Waals surface area contributed by atoms with Crippen LogP contribution in [0.1, 0.15) is 22.0 Å². The van der Waals surface area contributed by atoms with Gasteiger partial charge >= 0.3 is 0 Å².